The van der Waals surface area contributed by atoms with Crippen LogP contribution in [0.4, 0.5) is 0 Å². The molecule has 1 aliphatic heterocycles. The fraction of sp³-hybridized carbons (Fsp3) is 0.353. The predicted octanol–water partition coefficient (Wildman–Crippen LogP) is -0.612. The zero-order chi connectivity index (χ0) is 19.2. The third-order valence-electron chi connectivity index (χ3n) is 4.12. The Morgan fingerprint density at radius 2 is 2.44 bits per heavy atom. The van der Waals surface area contributed by atoms with Crippen molar-refractivity contribution in [2.45, 2.75) is 12.5 Å². The van der Waals surface area contributed by atoms with Gasteiger partial charge in [-0.25, -0.2) is 0 Å². The van der Waals surface area contributed by atoms with Gasteiger partial charge in [0.25, 0.3) is 5.56 Å². The van der Waals surface area contributed by atoms with Crippen LogP contribution >= 0.6 is 0 Å². The topological polar surface area (TPSA) is 139 Å². The first-order chi connectivity index (χ1) is 13.1. The molecule has 0 spiro atoms. The van der Waals surface area contributed by atoms with Crippen molar-refractivity contribution in [3.8, 4) is 6.01 Å². The lowest BCUT2D eigenvalue weighted by atomic mass is 10.3. The van der Waals surface area contributed by atoms with E-state index in [4.69, 9.17) is 10.5 Å². The summed E-state index contributed by atoms with van der Waals surface area (Å²) in [5.41, 5.74) is 5.67. The van der Waals surface area contributed by atoms with E-state index in [1.165, 1.54) is 24.8 Å². The number of hydrogen-bond donors (Lipinski definition) is 3. The molecule has 10 nitrogen and oxygen atoms in total. The number of likely N-dealkylation sites (N-methyl/N-ethyl adjacent to an activating group) is 1. The smallest absolute Gasteiger partial charge is 0.302 e. The summed E-state index contributed by atoms with van der Waals surface area (Å²) >= 11 is 0. The number of ether oxygens (including phenoxy) is 1. The molecule has 0 bridgehead atoms. The molecule has 10 heteroatoms. The largest absolute Gasteiger partial charge is 0.422 e. The van der Waals surface area contributed by atoms with E-state index < -0.39 is 0 Å². The van der Waals surface area contributed by atoms with Crippen LogP contribution in [0.2, 0.25) is 0 Å². The number of carbonyl (C=O) groups excluding carboxylic acids is 1. The van der Waals surface area contributed by atoms with Gasteiger partial charge in [0.15, 0.2) is 5.76 Å². The lowest BCUT2D eigenvalue weighted by Crippen LogP contribution is -2.35. The van der Waals surface area contributed by atoms with Crippen LogP contribution in [0.3, 0.4) is 0 Å². The van der Waals surface area contributed by atoms with Gasteiger partial charge in [-0.2, -0.15) is 4.98 Å². The molecule has 1 saturated heterocycles. The molecule has 0 radical (unpaired) electrons. The van der Waals surface area contributed by atoms with Crippen molar-refractivity contribution >= 4 is 23.0 Å². The van der Waals surface area contributed by atoms with Gasteiger partial charge in [0, 0.05) is 25.5 Å². The molecule has 27 heavy (non-hydrogen) atoms. The number of rotatable bonds is 6. The van der Waals surface area contributed by atoms with E-state index in [1.54, 1.807) is 18.0 Å². The van der Waals surface area contributed by atoms with E-state index >= 15 is 0 Å². The number of nitrogens with zero attached hydrogens (tertiary/aromatic N) is 4. The minimum atomic E-state index is -0.333. The molecule has 3 rings (SSSR count). The Morgan fingerprint density at radius 3 is 3.22 bits per heavy atom. The fourth-order valence-electron chi connectivity index (χ4n) is 2.76. The van der Waals surface area contributed by atoms with E-state index in [1.807, 2.05) is 0 Å². The number of aliphatic imine (C=N–C) groups is 1. The Hall–Kier alpha value is -3.27. The van der Waals surface area contributed by atoms with Crippen molar-refractivity contribution < 1.29 is 9.53 Å². The summed E-state index contributed by atoms with van der Waals surface area (Å²) in [4.78, 5) is 40.8. The van der Waals surface area contributed by atoms with Crippen LogP contribution < -0.4 is 21.3 Å². The number of hydrogen-bond acceptors (Lipinski definition) is 8. The number of aromatic amines is 1. The molecule has 1 amide bonds. The van der Waals surface area contributed by atoms with E-state index in [0.29, 0.717) is 30.5 Å². The molecule has 3 heterocycles. The summed E-state index contributed by atoms with van der Waals surface area (Å²) < 4.78 is 5.53. The first kappa shape index (κ1) is 18.5. The molecule has 4 N–H and O–H groups in total. The van der Waals surface area contributed by atoms with Gasteiger partial charge >= 0.3 is 6.01 Å². The van der Waals surface area contributed by atoms with Crippen molar-refractivity contribution in [1.29, 1.82) is 0 Å². The highest BCUT2D eigenvalue weighted by molar-refractivity contribution is 5.79. The molecule has 0 saturated carbocycles. The molecule has 142 valence electrons. The number of pyridine rings is 1. The average molecular weight is 371 g/mol. The van der Waals surface area contributed by atoms with Crippen LogP contribution in [0, 0.1) is 0 Å². The van der Waals surface area contributed by atoms with Crippen molar-refractivity contribution in [2.75, 3.05) is 26.7 Å². The molecular weight excluding hydrogens is 350 g/mol. The second-order valence-corrected chi connectivity index (χ2v) is 6.03. The zero-order valence-corrected chi connectivity index (χ0v) is 14.9. The lowest BCUT2D eigenvalue weighted by molar-refractivity contribution is -0.129. The van der Waals surface area contributed by atoms with Gasteiger partial charge in [0.2, 0.25) is 5.91 Å². The van der Waals surface area contributed by atoms with Gasteiger partial charge < -0.3 is 20.7 Å². The summed E-state index contributed by atoms with van der Waals surface area (Å²) in [5, 5.41) is 3.27. The Morgan fingerprint density at radius 1 is 1.59 bits per heavy atom. The summed E-state index contributed by atoms with van der Waals surface area (Å²) in [6, 6.07) is 1.55. The van der Waals surface area contributed by atoms with Crippen LogP contribution in [0.1, 0.15) is 6.42 Å². The predicted molar refractivity (Wildman–Crippen MR) is 100 cm³/mol. The molecule has 1 fully saturated rings. The molecule has 0 aliphatic carbocycles. The van der Waals surface area contributed by atoms with Gasteiger partial charge in [0.1, 0.15) is 0 Å². The minimum Gasteiger partial charge on any atom is -0.422 e. The maximum absolute atomic E-state index is 12.1. The lowest BCUT2D eigenvalue weighted by Gasteiger charge is -2.14. The third-order valence-corrected chi connectivity index (χ3v) is 4.12. The second-order valence-electron chi connectivity index (χ2n) is 6.03. The van der Waals surface area contributed by atoms with Gasteiger partial charge in [-0.1, -0.05) is 0 Å². The number of amides is 1. The van der Waals surface area contributed by atoms with Crippen LogP contribution in [0.25, 0.3) is 10.9 Å². The van der Waals surface area contributed by atoms with Gasteiger partial charge in [-0.05, 0) is 19.5 Å². The van der Waals surface area contributed by atoms with Crippen LogP contribution in [0.5, 0.6) is 6.01 Å². The normalized spacial score (nSPS) is 17.7. The van der Waals surface area contributed by atoms with Gasteiger partial charge in [0.05, 0.1) is 35.9 Å². The maximum Gasteiger partial charge on any atom is 0.302 e. The van der Waals surface area contributed by atoms with Crippen LogP contribution in [0.15, 0.2) is 40.2 Å². The SMILES string of the molecule is CNCC(=O)N1CC[C@H](N=CC(=CN)Oc2nc3cnccc3c(=O)[nH]2)C1. The van der Waals surface area contributed by atoms with Crippen LogP contribution in [-0.2, 0) is 4.79 Å². The number of nitrogens with one attached hydrogen (secondary N) is 2. The molecule has 2 aromatic rings. The Balaban J connectivity index is 1.66. The zero-order valence-electron chi connectivity index (χ0n) is 14.9. The van der Waals surface area contributed by atoms with E-state index in [2.05, 4.69) is 25.3 Å². The number of allylic oxidation sites excluding steroid dienone is 1. The number of fused-ring (bicyclic) bond motifs is 1. The number of carbonyl (C=O) groups is 1. The number of H-pyrrole nitrogens is 1. The Kier molecular flexibility index (Phi) is 5.77. The summed E-state index contributed by atoms with van der Waals surface area (Å²) in [5.74, 6) is 0.286. The Labute approximate surface area is 155 Å². The minimum absolute atomic E-state index is 0.000830. The molecule has 2 aromatic heterocycles. The first-order valence-corrected chi connectivity index (χ1v) is 8.50. The summed E-state index contributed by atoms with van der Waals surface area (Å²) in [6.07, 6.45) is 6.47. The quantitative estimate of drug-likeness (QED) is 0.455. The summed E-state index contributed by atoms with van der Waals surface area (Å²) in [7, 11) is 1.74. The maximum atomic E-state index is 12.1. The standard InChI is InChI=1S/C17H21N7O3/c1-19-9-15(25)24-5-3-11(10-24)21-7-12(6-18)27-17-22-14-8-20-4-2-13(14)16(26)23-17/h2,4,6-8,11,19H,3,5,9-10,18H2,1H3,(H,22,23,26)/t11-/m0/s1. The molecule has 1 atom stereocenters. The number of nitrogens with two attached hydrogens (primary N) is 1. The first-order valence-electron chi connectivity index (χ1n) is 8.50. The Bertz CT molecular complexity index is 938. The fourth-order valence-corrected chi connectivity index (χ4v) is 2.76. The van der Waals surface area contributed by atoms with Crippen molar-refractivity contribution in [3.63, 3.8) is 0 Å². The number of likely N-dealkylation sites (tertiary alicyclic amines) is 1. The highest BCUT2D eigenvalue weighted by Crippen LogP contribution is 2.13. The highest BCUT2D eigenvalue weighted by Gasteiger charge is 2.24. The molecule has 0 aromatic carbocycles. The van der Waals surface area contributed by atoms with E-state index in [9.17, 15) is 9.59 Å². The van der Waals surface area contributed by atoms with E-state index in [-0.39, 0.29) is 29.3 Å². The number of aromatic nitrogens is 3. The van der Waals surface area contributed by atoms with Crippen molar-refractivity contribution in [2.24, 2.45) is 10.7 Å². The van der Waals surface area contributed by atoms with Gasteiger partial charge in [-0.3, -0.25) is 24.5 Å². The van der Waals surface area contributed by atoms with Crippen LogP contribution in [-0.4, -0.2) is 64.7 Å². The second kappa shape index (κ2) is 8.41. The highest BCUT2D eigenvalue weighted by atomic mass is 16.5. The molecular formula is C17H21N7O3. The monoisotopic (exact) mass is 371 g/mol. The van der Waals surface area contributed by atoms with E-state index in [0.717, 1.165) is 6.42 Å². The molecule has 1 aliphatic rings. The van der Waals surface area contributed by atoms with Crippen molar-refractivity contribution in [3.05, 3.63) is 40.8 Å². The third kappa shape index (κ3) is 4.47. The van der Waals surface area contributed by atoms with Gasteiger partial charge in [-0.15, -0.1) is 0 Å². The average Bonchev–Trinajstić information content (AvgIpc) is 3.14. The summed E-state index contributed by atoms with van der Waals surface area (Å²) in [6.45, 7) is 1.52. The molecule has 0 unspecified atom stereocenters. The van der Waals surface area contributed by atoms with Crippen molar-refractivity contribution in [1.82, 2.24) is 25.2 Å².